The summed E-state index contributed by atoms with van der Waals surface area (Å²) >= 11 is 7.92. The second-order valence-corrected chi connectivity index (χ2v) is 5.25. The van der Waals surface area contributed by atoms with Crippen molar-refractivity contribution < 1.29 is 0 Å². The smallest absolute Gasteiger partial charge is 0.0410 e. The van der Waals surface area contributed by atoms with Crippen LogP contribution < -0.4 is 5.32 Å². The predicted molar refractivity (Wildman–Crippen MR) is 65.5 cm³/mol. The van der Waals surface area contributed by atoms with E-state index in [2.05, 4.69) is 18.3 Å². The molecule has 76 valence electrons. The summed E-state index contributed by atoms with van der Waals surface area (Å²) in [7, 11) is 0. The summed E-state index contributed by atoms with van der Waals surface area (Å²) in [4.78, 5) is 0. The molecule has 0 saturated carbocycles. The van der Waals surface area contributed by atoms with Crippen molar-refractivity contribution in [3.63, 3.8) is 0 Å². The Morgan fingerprint density at radius 3 is 3.00 bits per heavy atom. The minimum absolute atomic E-state index is 0.639. The highest BCUT2D eigenvalue weighted by molar-refractivity contribution is 7.99. The van der Waals surface area contributed by atoms with E-state index < -0.39 is 0 Å². The monoisotopic (exact) mass is 227 g/mol. The molecule has 1 aromatic carbocycles. The molecule has 1 atom stereocenters. The van der Waals surface area contributed by atoms with Crippen molar-refractivity contribution in [2.45, 2.75) is 19.4 Å². The van der Waals surface area contributed by atoms with Crippen molar-refractivity contribution in [2.75, 3.05) is 16.8 Å². The van der Waals surface area contributed by atoms with Crippen LogP contribution in [-0.2, 0) is 0 Å². The maximum atomic E-state index is 5.90. The first kappa shape index (κ1) is 10.2. The van der Waals surface area contributed by atoms with Crippen LogP contribution in [0.15, 0.2) is 18.2 Å². The standard InChI is InChI=1S/C11H14ClNS/c1-8-6-9(12)2-3-11(8)13-10-4-5-14-7-10/h2-3,6,10,13H,4-5,7H2,1H3/t10-/m0/s1. The summed E-state index contributed by atoms with van der Waals surface area (Å²) in [5, 5.41) is 4.37. The van der Waals surface area contributed by atoms with E-state index in [0.29, 0.717) is 6.04 Å². The number of aryl methyl sites for hydroxylation is 1. The Kier molecular flexibility index (Phi) is 3.24. The average Bonchev–Trinajstić information content (AvgIpc) is 2.62. The van der Waals surface area contributed by atoms with Crippen LogP contribution in [0.3, 0.4) is 0 Å². The zero-order valence-corrected chi connectivity index (χ0v) is 9.79. The number of benzene rings is 1. The second-order valence-electron chi connectivity index (χ2n) is 3.66. The van der Waals surface area contributed by atoms with Gasteiger partial charge < -0.3 is 5.32 Å². The summed E-state index contributed by atoms with van der Waals surface area (Å²) in [5.74, 6) is 2.51. The number of nitrogens with one attached hydrogen (secondary N) is 1. The quantitative estimate of drug-likeness (QED) is 0.829. The molecule has 1 aromatic rings. The Morgan fingerprint density at radius 2 is 2.36 bits per heavy atom. The number of hydrogen-bond acceptors (Lipinski definition) is 2. The summed E-state index contributed by atoms with van der Waals surface area (Å²) in [6.45, 7) is 2.09. The molecule has 3 heteroatoms. The minimum atomic E-state index is 0.639. The Morgan fingerprint density at radius 1 is 1.50 bits per heavy atom. The van der Waals surface area contributed by atoms with E-state index in [4.69, 9.17) is 11.6 Å². The van der Waals surface area contributed by atoms with E-state index >= 15 is 0 Å². The summed E-state index contributed by atoms with van der Waals surface area (Å²) in [6, 6.07) is 6.66. The van der Waals surface area contributed by atoms with Crippen LogP contribution in [0.4, 0.5) is 5.69 Å². The van der Waals surface area contributed by atoms with Gasteiger partial charge in [0.05, 0.1) is 0 Å². The lowest BCUT2D eigenvalue weighted by Crippen LogP contribution is -2.18. The highest BCUT2D eigenvalue weighted by Crippen LogP contribution is 2.24. The number of rotatable bonds is 2. The van der Waals surface area contributed by atoms with Crippen LogP contribution in [0.5, 0.6) is 0 Å². The van der Waals surface area contributed by atoms with Crippen LogP contribution in [0.25, 0.3) is 0 Å². The normalized spacial score (nSPS) is 21.1. The van der Waals surface area contributed by atoms with E-state index in [0.717, 1.165) is 5.02 Å². The maximum absolute atomic E-state index is 5.90. The van der Waals surface area contributed by atoms with Crippen LogP contribution >= 0.6 is 23.4 Å². The highest BCUT2D eigenvalue weighted by Gasteiger charge is 2.15. The van der Waals surface area contributed by atoms with Gasteiger partial charge >= 0.3 is 0 Å². The van der Waals surface area contributed by atoms with E-state index in [9.17, 15) is 0 Å². The van der Waals surface area contributed by atoms with Crippen molar-refractivity contribution >= 4 is 29.1 Å². The first-order chi connectivity index (χ1) is 6.75. The molecular weight excluding hydrogens is 214 g/mol. The first-order valence-corrected chi connectivity index (χ1v) is 6.39. The lowest BCUT2D eigenvalue weighted by molar-refractivity contribution is 0.812. The van der Waals surface area contributed by atoms with Crippen molar-refractivity contribution in [3.8, 4) is 0 Å². The minimum Gasteiger partial charge on any atom is -0.381 e. The lowest BCUT2D eigenvalue weighted by Gasteiger charge is -2.15. The summed E-state index contributed by atoms with van der Waals surface area (Å²) < 4.78 is 0. The molecule has 1 N–H and O–H groups in total. The van der Waals surface area contributed by atoms with Crippen LogP contribution in [0.2, 0.25) is 5.02 Å². The molecule has 0 bridgehead atoms. The zero-order chi connectivity index (χ0) is 9.97. The summed E-state index contributed by atoms with van der Waals surface area (Å²) in [6.07, 6.45) is 1.27. The Balaban J connectivity index is 2.08. The highest BCUT2D eigenvalue weighted by atomic mass is 35.5. The number of thioether (sulfide) groups is 1. The average molecular weight is 228 g/mol. The van der Waals surface area contributed by atoms with Crippen molar-refractivity contribution in [1.29, 1.82) is 0 Å². The van der Waals surface area contributed by atoms with Crippen LogP contribution in [0.1, 0.15) is 12.0 Å². The van der Waals surface area contributed by atoms with Gasteiger partial charge in [0.2, 0.25) is 0 Å². The molecule has 1 nitrogen and oxygen atoms in total. The van der Waals surface area contributed by atoms with Gasteiger partial charge in [0, 0.05) is 22.5 Å². The predicted octanol–water partition coefficient (Wildman–Crippen LogP) is 3.57. The molecule has 0 aliphatic carbocycles. The number of halogens is 1. The summed E-state index contributed by atoms with van der Waals surface area (Å²) in [5.41, 5.74) is 2.45. The molecule has 1 aliphatic rings. The van der Waals surface area contributed by atoms with Gasteiger partial charge in [0.25, 0.3) is 0 Å². The molecule has 1 saturated heterocycles. The van der Waals surface area contributed by atoms with Gasteiger partial charge in [-0.1, -0.05) is 11.6 Å². The lowest BCUT2D eigenvalue weighted by atomic mass is 10.1. The molecule has 2 rings (SSSR count). The van der Waals surface area contributed by atoms with E-state index in [1.165, 1.54) is 29.2 Å². The molecule has 1 aliphatic heterocycles. The van der Waals surface area contributed by atoms with Gasteiger partial charge in [-0.05, 0) is 42.9 Å². The molecule has 0 radical (unpaired) electrons. The third-order valence-corrected chi connectivity index (χ3v) is 3.88. The Hall–Kier alpha value is -0.340. The van der Waals surface area contributed by atoms with E-state index in [1.54, 1.807) is 0 Å². The Labute approximate surface area is 94.2 Å². The number of anilines is 1. The van der Waals surface area contributed by atoms with Crippen molar-refractivity contribution in [2.24, 2.45) is 0 Å². The molecule has 1 heterocycles. The number of hydrogen-bond donors (Lipinski definition) is 1. The fourth-order valence-electron chi connectivity index (χ4n) is 1.66. The van der Waals surface area contributed by atoms with Gasteiger partial charge in [-0.2, -0.15) is 11.8 Å². The van der Waals surface area contributed by atoms with Gasteiger partial charge in [0.1, 0.15) is 0 Å². The molecule has 0 aromatic heterocycles. The van der Waals surface area contributed by atoms with Crippen molar-refractivity contribution in [1.82, 2.24) is 0 Å². The first-order valence-electron chi connectivity index (χ1n) is 4.86. The maximum Gasteiger partial charge on any atom is 0.0410 e. The SMILES string of the molecule is Cc1cc(Cl)ccc1N[C@H]1CCSC1. The zero-order valence-electron chi connectivity index (χ0n) is 8.22. The van der Waals surface area contributed by atoms with E-state index in [1.807, 2.05) is 23.9 Å². The van der Waals surface area contributed by atoms with Crippen LogP contribution in [0, 0.1) is 6.92 Å². The molecular formula is C11H14ClNS. The third kappa shape index (κ3) is 2.37. The van der Waals surface area contributed by atoms with Gasteiger partial charge in [-0.25, -0.2) is 0 Å². The van der Waals surface area contributed by atoms with Gasteiger partial charge in [-0.15, -0.1) is 0 Å². The fourth-order valence-corrected chi connectivity index (χ4v) is 3.04. The molecule has 0 unspecified atom stereocenters. The molecule has 0 spiro atoms. The largest absolute Gasteiger partial charge is 0.381 e. The van der Waals surface area contributed by atoms with Crippen LogP contribution in [-0.4, -0.2) is 17.5 Å². The molecule has 0 amide bonds. The topological polar surface area (TPSA) is 12.0 Å². The van der Waals surface area contributed by atoms with Crippen molar-refractivity contribution in [3.05, 3.63) is 28.8 Å². The van der Waals surface area contributed by atoms with Gasteiger partial charge in [0.15, 0.2) is 0 Å². The fraction of sp³-hybridized carbons (Fsp3) is 0.455. The van der Waals surface area contributed by atoms with E-state index in [-0.39, 0.29) is 0 Å². The third-order valence-electron chi connectivity index (χ3n) is 2.48. The van der Waals surface area contributed by atoms with Gasteiger partial charge in [-0.3, -0.25) is 0 Å². The Bertz CT molecular complexity index is 321. The molecule has 14 heavy (non-hydrogen) atoms. The second kappa shape index (κ2) is 4.45. The molecule has 1 fully saturated rings.